The first kappa shape index (κ1) is 15.5. The van der Waals surface area contributed by atoms with Gasteiger partial charge in [0.25, 0.3) is 0 Å². The third-order valence-corrected chi connectivity index (χ3v) is 3.50. The highest BCUT2D eigenvalue weighted by Gasteiger charge is 2.13. The molecular weight excluding hydrogens is 265 g/mol. The predicted octanol–water partition coefficient (Wildman–Crippen LogP) is 4.91. The fourth-order valence-electron chi connectivity index (χ4n) is 2.40. The van der Waals surface area contributed by atoms with E-state index < -0.39 is 0 Å². The van der Waals surface area contributed by atoms with Crippen molar-refractivity contribution in [2.45, 2.75) is 33.7 Å². The van der Waals surface area contributed by atoms with Crippen LogP contribution in [0.3, 0.4) is 0 Å². The highest BCUT2D eigenvalue weighted by atomic mass is 19.1. The lowest BCUT2D eigenvalue weighted by Gasteiger charge is -2.18. The Kier molecular flexibility index (Phi) is 4.97. The fraction of sp³-hybridized carbons (Fsp3) is 0.333. The molecule has 0 fully saturated rings. The van der Waals surface area contributed by atoms with Gasteiger partial charge in [0, 0.05) is 11.6 Å². The lowest BCUT2D eigenvalue weighted by Crippen LogP contribution is -2.18. The summed E-state index contributed by atoms with van der Waals surface area (Å²) >= 11 is 0. The number of hydrogen-bond acceptors (Lipinski definition) is 2. The molecule has 2 rings (SSSR count). The smallest absolute Gasteiger partial charge is 0.132 e. The van der Waals surface area contributed by atoms with Crippen molar-refractivity contribution in [3.8, 4) is 11.5 Å². The molecule has 0 aliphatic rings. The van der Waals surface area contributed by atoms with Gasteiger partial charge >= 0.3 is 0 Å². The van der Waals surface area contributed by atoms with E-state index in [-0.39, 0.29) is 11.9 Å². The van der Waals surface area contributed by atoms with Gasteiger partial charge in [0.1, 0.15) is 17.3 Å². The molecule has 0 saturated heterocycles. The lowest BCUT2D eigenvalue weighted by molar-refractivity contribution is 0.456. The summed E-state index contributed by atoms with van der Waals surface area (Å²) in [4.78, 5) is 0. The van der Waals surface area contributed by atoms with Gasteiger partial charge in [-0.25, -0.2) is 4.39 Å². The maximum absolute atomic E-state index is 13.5. The summed E-state index contributed by atoms with van der Waals surface area (Å²) in [5.41, 5.74) is 3.10. The van der Waals surface area contributed by atoms with Crippen LogP contribution >= 0.6 is 0 Å². The second-order valence-electron chi connectivity index (χ2n) is 5.33. The number of ether oxygens (including phenoxy) is 1. The van der Waals surface area contributed by atoms with E-state index in [4.69, 9.17) is 4.74 Å². The molecular formula is C18H22FNO. The van der Waals surface area contributed by atoms with E-state index >= 15 is 0 Å². The SMILES string of the molecule is CCNC(C)c1cc(F)ccc1Oc1ccc(C)cc1C. The van der Waals surface area contributed by atoms with Crippen molar-refractivity contribution < 1.29 is 9.13 Å². The molecule has 0 aromatic heterocycles. The van der Waals surface area contributed by atoms with Crippen LogP contribution in [0.15, 0.2) is 36.4 Å². The van der Waals surface area contributed by atoms with Gasteiger partial charge in [-0.15, -0.1) is 0 Å². The quantitative estimate of drug-likeness (QED) is 0.844. The maximum Gasteiger partial charge on any atom is 0.132 e. The molecule has 0 heterocycles. The fourth-order valence-corrected chi connectivity index (χ4v) is 2.40. The van der Waals surface area contributed by atoms with Gasteiger partial charge in [-0.2, -0.15) is 0 Å². The summed E-state index contributed by atoms with van der Waals surface area (Å²) < 4.78 is 19.5. The van der Waals surface area contributed by atoms with E-state index in [0.29, 0.717) is 5.75 Å². The first-order chi connectivity index (χ1) is 10.0. The third-order valence-electron chi connectivity index (χ3n) is 3.50. The molecule has 0 aliphatic carbocycles. The molecule has 2 aromatic carbocycles. The molecule has 0 spiro atoms. The van der Waals surface area contributed by atoms with Crippen molar-refractivity contribution in [2.75, 3.05) is 6.54 Å². The van der Waals surface area contributed by atoms with Gasteiger partial charge in [0.05, 0.1) is 0 Å². The minimum atomic E-state index is -0.247. The molecule has 0 aliphatic heterocycles. The minimum absolute atomic E-state index is 0.0338. The Morgan fingerprint density at radius 1 is 1.10 bits per heavy atom. The van der Waals surface area contributed by atoms with Crippen molar-refractivity contribution in [3.63, 3.8) is 0 Å². The summed E-state index contributed by atoms with van der Waals surface area (Å²) in [7, 11) is 0. The first-order valence-electron chi connectivity index (χ1n) is 7.29. The van der Waals surface area contributed by atoms with Crippen LogP contribution in [0.1, 0.15) is 36.6 Å². The van der Waals surface area contributed by atoms with Crippen molar-refractivity contribution in [2.24, 2.45) is 0 Å². The topological polar surface area (TPSA) is 21.3 Å². The Morgan fingerprint density at radius 3 is 2.48 bits per heavy atom. The van der Waals surface area contributed by atoms with Crippen LogP contribution in [0.4, 0.5) is 4.39 Å². The largest absolute Gasteiger partial charge is 0.457 e. The van der Waals surface area contributed by atoms with E-state index in [1.807, 2.05) is 39.8 Å². The van der Waals surface area contributed by atoms with Crippen LogP contribution in [-0.2, 0) is 0 Å². The standard InChI is InChI=1S/C18H22FNO/c1-5-20-14(4)16-11-15(19)7-9-18(16)21-17-8-6-12(2)10-13(17)3/h6-11,14,20H,5H2,1-4H3. The Labute approximate surface area is 126 Å². The van der Waals surface area contributed by atoms with Crippen LogP contribution in [-0.4, -0.2) is 6.54 Å². The Bertz CT molecular complexity index is 625. The van der Waals surface area contributed by atoms with Crippen molar-refractivity contribution in [1.82, 2.24) is 5.32 Å². The Hall–Kier alpha value is -1.87. The number of hydrogen-bond donors (Lipinski definition) is 1. The zero-order valence-corrected chi connectivity index (χ0v) is 13.0. The van der Waals surface area contributed by atoms with Crippen LogP contribution in [0, 0.1) is 19.7 Å². The molecule has 2 nitrogen and oxygen atoms in total. The Morgan fingerprint density at radius 2 is 1.81 bits per heavy atom. The second-order valence-corrected chi connectivity index (χ2v) is 5.33. The molecule has 0 bridgehead atoms. The maximum atomic E-state index is 13.5. The van der Waals surface area contributed by atoms with Gasteiger partial charge in [-0.3, -0.25) is 0 Å². The highest BCUT2D eigenvalue weighted by Crippen LogP contribution is 2.32. The molecule has 1 unspecified atom stereocenters. The molecule has 0 saturated carbocycles. The van der Waals surface area contributed by atoms with Crippen molar-refractivity contribution in [3.05, 3.63) is 58.9 Å². The van der Waals surface area contributed by atoms with Crippen molar-refractivity contribution >= 4 is 0 Å². The molecule has 3 heteroatoms. The summed E-state index contributed by atoms with van der Waals surface area (Å²) in [5, 5.41) is 3.29. The summed E-state index contributed by atoms with van der Waals surface area (Å²) in [6.45, 7) is 8.92. The number of aryl methyl sites for hydroxylation is 2. The van der Waals surface area contributed by atoms with Crippen LogP contribution < -0.4 is 10.1 Å². The first-order valence-corrected chi connectivity index (χ1v) is 7.29. The van der Waals surface area contributed by atoms with Gasteiger partial charge in [-0.05, 0) is 57.1 Å². The van der Waals surface area contributed by atoms with E-state index in [9.17, 15) is 4.39 Å². The van der Waals surface area contributed by atoms with Crippen LogP contribution in [0.2, 0.25) is 0 Å². The van der Waals surface area contributed by atoms with E-state index in [1.54, 1.807) is 6.07 Å². The van der Waals surface area contributed by atoms with Gasteiger partial charge in [0.2, 0.25) is 0 Å². The normalized spacial score (nSPS) is 12.2. The average Bonchev–Trinajstić information content (AvgIpc) is 2.43. The van der Waals surface area contributed by atoms with E-state index in [1.165, 1.54) is 17.7 Å². The molecule has 1 N–H and O–H groups in total. The van der Waals surface area contributed by atoms with Crippen molar-refractivity contribution in [1.29, 1.82) is 0 Å². The minimum Gasteiger partial charge on any atom is -0.457 e. The number of nitrogens with one attached hydrogen (secondary N) is 1. The number of halogens is 1. The zero-order valence-electron chi connectivity index (χ0n) is 13.0. The predicted molar refractivity (Wildman–Crippen MR) is 84.5 cm³/mol. The summed E-state index contributed by atoms with van der Waals surface area (Å²) in [6, 6.07) is 10.7. The molecule has 2 aromatic rings. The molecule has 0 radical (unpaired) electrons. The van der Waals surface area contributed by atoms with Gasteiger partial charge in [0.15, 0.2) is 0 Å². The zero-order chi connectivity index (χ0) is 15.4. The average molecular weight is 287 g/mol. The summed E-state index contributed by atoms with van der Waals surface area (Å²) in [6.07, 6.45) is 0. The van der Waals surface area contributed by atoms with Crippen LogP contribution in [0.5, 0.6) is 11.5 Å². The lowest BCUT2D eigenvalue weighted by atomic mass is 10.1. The van der Waals surface area contributed by atoms with Gasteiger partial charge in [-0.1, -0.05) is 24.6 Å². The Balaban J connectivity index is 2.34. The molecule has 1 atom stereocenters. The van der Waals surface area contributed by atoms with Crippen LogP contribution in [0.25, 0.3) is 0 Å². The van der Waals surface area contributed by atoms with Gasteiger partial charge < -0.3 is 10.1 Å². The van der Waals surface area contributed by atoms with E-state index in [0.717, 1.165) is 23.4 Å². The molecule has 112 valence electrons. The monoisotopic (exact) mass is 287 g/mol. The number of rotatable bonds is 5. The molecule has 21 heavy (non-hydrogen) atoms. The third kappa shape index (κ3) is 3.82. The summed E-state index contributed by atoms with van der Waals surface area (Å²) in [5.74, 6) is 1.25. The van der Waals surface area contributed by atoms with E-state index in [2.05, 4.69) is 11.4 Å². The second kappa shape index (κ2) is 6.72. The number of benzene rings is 2. The highest BCUT2D eigenvalue weighted by molar-refractivity contribution is 5.43. The molecule has 0 amide bonds.